The van der Waals surface area contributed by atoms with Crippen LogP contribution in [0.15, 0.2) is 0 Å². The fraction of sp³-hybridized carbons (Fsp3) is 0.889. The van der Waals surface area contributed by atoms with Crippen molar-refractivity contribution < 1.29 is 4.74 Å². The maximum Gasteiger partial charge on any atom is 0.0920 e. The Morgan fingerprint density at radius 2 is 2.23 bits per heavy atom. The van der Waals surface area contributed by atoms with Crippen molar-refractivity contribution >= 4 is 5.84 Å². The second kappa shape index (κ2) is 6.86. The molecule has 4 heteroatoms. The van der Waals surface area contributed by atoms with Crippen LogP contribution >= 0.6 is 0 Å². The van der Waals surface area contributed by atoms with Gasteiger partial charge in [-0.1, -0.05) is 6.92 Å². The Kier molecular flexibility index (Phi) is 6.54. The van der Waals surface area contributed by atoms with Crippen molar-refractivity contribution in [3.8, 4) is 0 Å². The molecule has 0 aliphatic heterocycles. The molecule has 13 heavy (non-hydrogen) atoms. The highest BCUT2D eigenvalue weighted by Crippen LogP contribution is 2.02. The Morgan fingerprint density at radius 3 is 2.62 bits per heavy atom. The topological polar surface area (TPSA) is 62.3 Å². The lowest BCUT2D eigenvalue weighted by Gasteiger charge is -2.26. The molecule has 1 atom stereocenters. The summed E-state index contributed by atoms with van der Waals surface area (Å²) in [5.74, 6) is 0.253. The molecule has 0 amide bonds. The molecule has 78 valence electrons. The number of rotatable bonds is 7. The van der Waals surface area contributed by atoms with E-state index < -0.39 is 0 Å². The van der Waals surface area contributed by atoms with Crippen LogP contribution in [0.4, 0.5) is 0 Å². The summed E-state index contributed by atoms with van der Waals surface area (Å²) in [5, 5.41) is 7.19. The quantitative estimate of drug-likeness (QED) is 0.455. The Hall–Kier alpha value is -0.610. The maximum atomic E-state index is 7.19. The van der Waals surface area contributed by atoms with Gasteiger partial charge in [-0.2, -0.15) is 0 Å². The fourth-order valence-corrected chi connectivity index (χ4v) is 1.35. The van der Waals surface area contributed by atoms with E-state index in [1.54, 1.807) is 7.11 Å². The van der Waals surface area contributed by atoms with Crippen molar-refractivity contribution in [2.75, 3.05) is 26.8 Å². The van der Waals surface area contributed by atoms with E-state index in [9.17, 15) is 0 Å². The molecule has 0 aromatic rings. The van der Waals surface area contributed by atoms with Crippen LogP contribution in [-0.2, 0) is 4.74 Å². The van der Waals surface area contributed by atoms with Crippen LogP contribution in [0.5, 0.6) is 0 Å². The standard InChI is InChI=1S/C9H21N3O/c1-4-12(5-6-13-3)8(2)7-9(10)11/h8H,4-7H2,1-3H3,(H3,10,11). The number of nitrogens with two attached hydrogens (primary N) is 1. The molecule has 0 rings (SSSR count). The van der Waals surface area contributed by atoms with E-state index in [2.05, 4.69) is 18.7 Å². The van der Waals surface area contributed by atoms with Crippen LogP contribution < -0.4 is 5.73 Å². The summed E-state index contributed by atoms with van der Waals surface area (Å²) in [4.78, 5) is 2.25. The van der Waals surface area contributed by atoms with E-state index >= 15 is 0 Å². The van der Waals surface area contributed by atoms with Crippen molar-refractivity contribution in [1.82, 2.24) is 4.90 Å². The first kappa shape index (κ1) is 12.4. The van der Waals surface area contributed by atoms with Gasteiger partial charge in [0, 0.05) is 26.1 Å². The van der Waals surface area contributed by atoms with Crippen LogP contribution in [-0.4, -0.2) is 43.6 Å². The summed E-state index contributed by atoms with van der Waals surface area (Å²) in [6, 6.07) is 0.331. The monoisotopic (exact) mass is 187 g/mol. The number of hydrogen-bond acceptors (Lipinski definition) is 3. The lowest BCUT2D eigenvalue weighted by Crippen LogP contribution is -2.38. The molecule has 0 aliphatic rings. The molecular weight excluding hydrogens is 166 g/mol. The minimum atomic E-state index is 0.253. The van der Waals surface area contributed by atoms with E-state index in [1.165, 1.54) is 0 Å². The van der Waals surface area contributed by atoms with Gasteiger partial charge in [0.05, 0.1) is 12.4 Å². The highest BCUT2D eigenvalue weighted by Gasteiger charge is 2.11. The van der Waals surface area contributed by atoms with Crippen LogP contribution in [0.1, 0.15) is 20.3 Å². The molecule has 0 saturated carbocycles. The SMILES string of the molecule is CCN(CCOC)C(C)CC(=N)N. The van der Waals surface area contributed by atoms with Crippen molar-refractivity contribution in [3.63, 3.8) is 0 Å². The minimum absolute atomic E-state index is 0.253. The normalized spacial score (nSPS) is 13.2. The van der Waals surface area contributed by atoms with Crippen LogP contribution in [0.2, 0.25) is 0 Å². The highest BCUT2D eigenvalue weighted by molar-refractivity contribution is 5.77. The first-order valence-electron chi connectivity index (χ1n) is 4.67. The second-order valence-corrected chi connectivity index (χ2v) is 3.20. The zero-order valence-corrected chi connectivity index (χ0v) is 8.84. The fourth-order valence-electron chi connectivity index (χ4n) is 1.35. The van der Waals surface area contributed by atoms with E-state index in [0.29, 0.717) is 12.5 Å². The van der Waals surface area contributed by atoms with Gasteiger partial charge in [-0.3, -0.25) is 10.3 Å². The molecule has 4 nitrogen and oxygen atoms in total. The Morgan fingerprint density at radius 1 is 1.62 bits per heavy atom. The number of likely N-dealkylation sites (N-methyl/N-ethyl adjacent to an activating group) is 1. The molecule has 3 N–H and O–H groups in total. The van der Waals surface area contributed by atoms with E-state index in [1.807, 2.05) is 0 Å². The van der Waals surface area contributed by atoms with Crippen molar-refractivity contribution in [1.29, 1.82) is 5.41 Å². The molecule has 0 heterocycles. The molecule has 0 fully saturated rings. The Bertz CT molecular complexity index is 150. The van der Waals surface area contributed by atoms with Gasteiger partial charge in [0.1, 0.15) is 0 Å². The van der Waals surface area contributed by atoms with Crippen LogP contribution in [0, 0.1) is 5.41 Å². The zero-order valence-electron chi connectivity index (χ0n) is 8.84. The summed E-state index contributed by atoms with van der Waals surface area (Å²) < 4.78 is 5.00. The van der Waals surface area contributed by atoms with Gasteiger partial charge in [-0.05, 0) is 13.5 Å². The third-order valence-electron chi connectivity index (χ3n) is 2.13. The van der Waals surface area contributed by atoms with Crippen molar-refractivity contribution in [2.24, 2.45) is 5.73 Å². The maximum absolute atomic E-state index is 7.19. The predicted molar refractivity (Wildman–Crippen MR) is 55.1 cm³/mol. The summed E-state index contributed by atoms with van der Waals surface area (Å²) in [5.41, 5.74) is 5.34. The summed E-state index contributed by atoms with van der Waals surface area (Å²) >= 11 is 0. The van der Waals surface area contributed by atoms with Crippen molar-refractivity contribution in [3.05, 3.63) is 0 Å². The molecule has 0 radical (unpaired) electrons. The number of nitrogens with one attached hydrogen (secondary N) is 1. The summed E-state index contributed by atoms with van der Waals surface area (Å²) in [7, 11) is 1.70. The molecule has 1 unspecified atom stereocenters. The first-order chi connectivity index (χ1) is 6.11. The Labute approximate surface area is 80.6 Å². The summed E-state index contributed by atoms with van der Waals surface area (Å²) in [6.07, 6.45) is 0.636. The highest BCUT2D eigenvalue weighted by atomic mass is 16.5. The molecule has 0 spiro atoms. The number of methoxy groups -OCH3 is 1. The number of hydrogen-bond donors (Lipinski definition) is 2. The zero-order chi connectivity index (χ0) is 10.3. The smallest absolute Gasteiger partial charge is 0.0920 e. The van der Waals surface area contributed by atoms with Gasteiger partial charge in [0.25, 0.3) is 0 Å². The largest absolute Gasteiger partial charge is 0.388 e. The number of amidine groups is 1. The lowest BCUT2D eigenvalue weighted by molar-refractivity contribution is 0.130. The number of ether oxygens (including phenoxy) is 1. The molecule has 0 saturated heterocycles. The molecule has 0 aromatic carbocycles. The number of nitrogens with zero attached hydrogens (tertiary/aromatic N) is 1. The minimum Gasteiger partial charge on any atom is -0.388 e. The third kappa shape index (κ3) is 5.60. The molecule has 0 aromatic heterocycles. The molecule has 0 bridgehead atoms. The third-order valence-corrected chi connectivity index (χ3v) is 2.13. The van der Waals surface area contributed by atoms with Crippen molar-refractivity contribution in [2.45, 2.75) is 26.3 Å². The average Bonchev–Trinajstić information content (AvgIpc) is 2.04. The van der Waals surface area contributed by atoms with E-state index in [4.69, 9.17) is 15.9 Å². The summed E-state index contributed by atoms with van der Waals surface area (Å²) in [6.45, 7) is 6.79. The lowest BCUT2D eigenvalue weighted by atomic mass is 10.2. The van der Waals surface area contributed by atoms with Gasteiger partial charge in [-0.25, -0.2) is 0 Å². The van der Waals surface area contributed by atoms with Gasteiger partial charge in [0.2, 0.25) is 0 Å². The Balaban J connectivity index is 3.83. The van der Waals surface area contributed by atoms with E-state index in [-0.39, 0.29) is 5.84 Å². The predicted octanol–water partition coefficient (Wildman–Crippen LogP) is 0.669. The molecular formula is C9H21N3O. The van der Waals surface area contributed by atoms with Crippen LogP contribution in [0.3, 0.4) is 0 Å². The first-order valence-corrected chi connectivity index (χ1v) is 4.67. The molecule has 0 aliphatic carbocycles. The van der Waals surface area contributed by atoms with Gasteiger partial charge >= 0.3 is 0 Å². The van der Waals surface area contributed by atoms with Gasteiger partial charge < -0.3 is 10.5 Å². The second-order valence-electron chi connectivity index (χ2n) is 3.20. The van der Waals surface area contributed by atoms with E-state index in [0.717, 1.165) is 19.7 Å². The van der Waals surface area contributed by atoms with Gasteiger partial charge in [-0.15, -0.1) is 0 Å². The van der Waals surface area contributed by atoms with Gasteiger partial charge in [0.15, 0.2) is 0 Å². The van der Waals surface area contributed by atoms with Crippen LogP contribution in [0.25, 0.3) is 0 Å². The average molecular weight is 187 g/mol.